The lowest BCUT2D eigenvalue weighted by molar-refractivity contribution is -0.122. The van der Waals surface area contributed by atoms with Gasteiger partial charge < -0.3 is 9.73 Å². The second-order valence-electron chi connectivity index (χ2n) is 5.54. The van der Waals surface area contributed by atoms with E-state index in [-0.39, 0.29) is 24.4 Å². The van der Waals surface area contributed by atoms with Crippen molar-refractivity contribution < 1.29 is 13.6 Å². The summed E-state index contributed by atoms with van der Waals surface area (Å²) in [5.74, 6) is -1.48. The maximum atomic E-state index is 12.9. The van der Waals surface area contributed by atoms with E-state index in [0.29, 0.717) is 5.56 Å². The lowest BCUT2D eigenvalue weighted by Crippen LogP contribution is -2.33. The number of amides is 1. The molecule has 128 valence electrons. The number of halogens is 1. The first kappa shape index (κ1) is 16.6. The Morgan fingerprint density at radius 2 is 1.88 bits per heavy atom. The van der Waals surface area contributed by atoms with Gasteiger partial charge in [-0.15, -0.1) is 5.10 Å². The Balaban J connectivity index is 1.69. The topological polar surface area (TPSA) is 77.1 Å². The van der Waals surface area contributed by atoms with E-state index < -0.39 is 11.6 Å². The maximum Gasteiger partial charge on any atom is 0.437 e. The minimum atomic E-state index is -0.748. The number of rotatable bonds is 5. The summed E-state index contributed by atoms with van der Waals surface area (Å²) in [4.78, 5) is 24.0. The fraction of sp³-hybridized carbons (Fsp3) is 0.167. The smallest absolute Gasteiger partial charge is 0.388 e. The molecule has 7 heteroatoms. The highest BCUT2D eigenvalue weighted by Crippen LogP contribution is 2.15. The number of carbonyl (C=O) groups excluding carboxylic acids is 1. The molecule has 0 radical (unpaired) electrons. The quantitative estimate of drug-likeness (QED) is 0.773. The van der Waals surface area contributed by atoms with E-state index in [0.717, 1.165) is 10.2 Å². The van der Waals surface area contributed by atoms with Gasteiger partial charge in [0.15, 0.2) is 0 Å². The molecule has 3 aromatic rings. The average Bonchev–Trinajstić information content (AvgIpc) is 2.96. The summed E-state index contributed by atoms with van der Waals surface area (Å²) in [6.45, 7) is 1.59. The Morgan fingerprint density at radius 1 is 1.20 bits per heavy atom. The van der Waals surface area contributed by atoms with Gasteiger partial charge in [-0.25, -0.2) is 9.18 Å². The van der Waals surface area contributed by atoms with E-state index in [1.807, 2.05) is 37.3 Å². The van der Waals surface area contributed by atoms with Crippen LogP contribution in [0.2, 0.25) is 0 Å². The Hall–Kier alpha value is -3.22. The van der Waals surface area contributed by atoms with E-state index >= 15 is 0 Å². The fourth-order valence-corrected chi connectivity index (χ4v) is 2.36. The third kappa shape index (κ3) is 4.00. The minimum Gasteiger partial charge on any atom is -0.388 e. The summed E-state index contributed by atoms with van der Waals surface area (Å²) < 4.78 is 18.9. The van der Waals surface area contributed by atoms with E-state index in [9.17, 15) is 14.0 Å². The van der Waals surface area contributed by atoms with Crippen LogP contribution in [0.25, 0.3) is 11.5 Å². The zero-order valence-electron chi connectivity index (χ0n) is 13.5. The van der Waals surface area contributed by atoms with Crippen LogP contribution in [0.4, 0.5) is 4.39 Å². The molecule has 1 heterocycles. The van der Waals surface area contributed by atoms with Crippen LogP contribution in [-0.2, 0) is 11.3 Å². The summed E-state index contributed by atoms with van der Waals surface area (Å²) in [6, 6.07) is 14.6. The Morgan fingerprint density at radius 3 is 2.56 bits per heavy atom. The van der Waals surface area contributed by atoms with Gasteiger partial charge in [-0.1, -0.05) is 30.3 Å². The molecule has 2 aromatic carbocycles. The standard InChI is InChI=1S/C18H16FN3O3/c1-12(13-5-3-2-4-6-13)20-16(23)11-22-18(24)25-17(21-22)14-7-9-15(19)10-8-14/h2-10,12H,11H2,1H3,(H,20,23). The molecule has 3 rings (SSSR count). The monoisotopic (exact) mass is 341 g/mol. The number of benzene rings is 2. The van der Waals surface area contributed by atoms with Gasteiger partial charge in [0, 0.05) is 5.56 Å². The van der Waals surface area contributed by atoms with Crippen LogP contribution in [0, 0.1) is 5.82 Å². The molecule has 1 N–H and O–H groups in total. The average molecular weight is 341 g/mol. The van der Waals surface area contributed by atoms with E-state index in [1.54, 1.807) is 0 Å². The van der Waals surface area contributed by atoms with Gasteiger partial charge in [0.1, 0.15) is 12.4 Å². The van der Waals surface area contributed by atoms with E-state index in [2.05, 4.69) is 10.4 Å². The third-order valence-electron chi connectivity index (χ3n) is 3.67. The van der Waals surface area contributed by atoms with Crippen molar-refractivity contribution in [2.24, 2.45) is 0 Å². The summed E-state index contributed by atoms with van der Waals surface area (Å²) >= 11 is 0. The molecule has 1 unspecified atom stereocenters. The number of nitrogens with zero attached hydrogens (tertiary/aromatic N) is 2. The van der Waals surface area contributed by atoms with Crippen molar-refractivity contribution in [2.75, 3.05) is 0 Å². The molecule has 0 fully saturated rings. The third-order valence-corrected chi connectivity index (χ3v) is 3.67. The zero-order chi connectivity index (χ0) is 17.8. The van der Waals surface area contributed by atoms with Gasteiger partial charge in [0.05, 0.1) is 6.04 Å². The number of hydrogen-bond acceptors (Lipinski definition) is 4. The van der Waals surface area contributed by atoms with Gasteiger partial charge in [-0.05, 0) is 36.8 Å². The first-order chi connectivity index (χ1) is 12.0. The van der Waals surface area contributed by atoms with Crippen LogP contribution in [-0.4, -0.2) is 15.7 Å². The highest BCUT2D eigenvalue weighted by molar-refractivity contribution is 5.76. The number of hydrogen-bond donors (Lipinski definition) is 1. The van der Waals surface area contributed by atoms with Gasteiger partial charge >= 0.3 is 5.76 Å². The van der Waals surface area contributed by atoms with Crippen molar-refractivity contribution in [3.63, 3.8) is 0 Å². The van der Waals surface area contributed by atoms with E-state index in [1.165, 1.54) is 24.3 Å². The summed E-state index contributed by atoms with van der Waals surface area (Å²) in [5.41, 5.74) is 1.41. The highest BCUT2D eigenvalue weighted by atomic mass is 19.1. The number of nitrogens with one attached hydrogen (secondary N) is 1. The Kier molecular flexibility index (Phi) is 4.74. The summed E-state index contributed by atoms with van der Waals surface area (Å²) in [7, 11) is 0. The van der Waals surface area contributed by atoms with Crippen molar-refractivity contribution in [2.45, 2.75) is 19.5 Å². The molecule has 0 bridgehead atoms. The second-order valence-corrected chi connectivity index (χ2v) is 5.54. The molecule has 0 aliphatic carbocycles. The molecule has 1 amide bonds. The molecule has 25 heavy (non-hydrogen) atoms. The molecule has 0 aliphatic rings. The maximum absolute atomic E-state index is 12.9. The molecule has 0 saturated carbocycles. The highest BCUT2D eigenvalue weighted by Gasteiger charge is 2.15. The largest absolute Gasteiger partial charge is 0.437 e. The van der Waals surface area contributed by atoms with Crippen LogP contribution >= 0.6 is 0 Å². The second kappa shape index (κ2) is 7.12. The normalized spacial score (nSPS) is 11.9. The lowest BCUT2D eigenvalue weighted by atomic mass is 10.1. The molecule has 0 saturated heterocycles. The molecule has 6 nitrogen and oxygen atoms in total. The lowest BCUT2D eigenvalue weighted by Gasteiger charge is -2.13. The Bertz CT molecular complexity index is 917. The number of carbonyl (C=O) groups is 1. The first-order valence-corrected chi connectivity index (χ1v) is 7.71. The zero-order valence-corrected chi connectivity index (χ0v) is 13.5. The molecule has 0 spiro atoms. The molecule has 1 atom stereocenters. The van der Waals surface area contributed by atoms with Crippen LogP contribution < -0.4 is 11.1 Å². The van der Waals surface area contributed by atoms with Crippen LogP contribution in [0.1, 0.15) is 18.5 Å². The Labute approximate surface area is 142 Å². The predicted molar refractivity (Wildman–Crippen MR) is 89.2 cm³/mol. The van der Waals surface area contributed by atoms with Crippen molar-refractivity contribution >= 4 is 5.91 Å². The van der Waals surface area contributed by atoms with Crippen LogP contribution in [0.5, 0.6) is 0 Å². The van der Waals surface area contributed by atoms with Gasteiger partial charge in [-0.2, -0.15) is 4.68 Å². The SMILES string of the molecule is CC(NC(=O)Cn1nc(-c2ccc(F)cc2)oc1=O)c1ccccc1. The van der Waals surface area contributed by atoms with Crippen molar-refractivity contribution in [1.82, 2.24) is 15.1 Å². The summed E-state index contributed by atoms with van der Waals surface area (Å²) in [5, 5.41) is 6.78. The fourth-order valence-electron chi connectivity index (χ4n) is 2.36. The summed E-state index contributed by atoms with van der Waals surface area (Å²) in [6.07, 6.45) is 0. The molecular weight excluding hydrogens is 325 g/mol. The van der Waals surface area contributed by atoms with Crippen molar-refractivity contribution in [1.29, 1.82) is 0 Å². The van der Waals surface area contributed by atoms with Gasteiger partial charge in [0.25, 0.3) is 0 Å². The van der Waals surface area contributed by atoms with Gasteiger partial charge in [-0.3, -0.25) is 4.79 Å². The van der Waals surface area contributed by atoms with Crippen molar-refractivity contribution in [3.8, 4) is 11.5 Å². The predicted octanol–water partition coefficient (Wildman–Crippen LogP) is 2.52. The minimum absolute atomic E-state index is 0.0360. The van der Waals surface area contributed by atoms with Crippen molar-refractivity contribution in [3.05, 3.63) is 76.5 Å². The van der Waals surface area contributed by atoms with Crippen LogP contribution in [0.15, 0.2) is 63.8 Å². The molecule has 0 aliphatic heterocycles. The molecular formula is C18H16FN3O3. The first-order valence-electron chi connectivity index (χ1n) is 7.71. The number of aromatic nitrogens is 2. The van der Waals surface area contributed by atoms with Gasteiger partial charge in [0.2, 0.25) is 11.8 Å². The van der Waals surface area contributed by atoms with E-state index in [4.69, 9.17) is 4.42 Å². The molecule has 1 aromatic heterocycles. The van der Waals surface area contributed by atoms with Crippen LogP contribution in [0.3, 0.4) is 0 Å².